The van der Waals surface area contributed by atoms with Gasteiger partial charge in [0.1, 0.15) is 23.4 Å². The molecule has 0 saturated carbocycles. The summed E-state index contributed by atoms with van der Waals surface area (Å²) < 4.78 is 19.8. The van der Waals surface area contributed by atoms with Crippen LogP contribution in [-0.4, -0.2) is 65.1 Å². The molecule has 1 aromatic heterocycles. The maximum Gasteiger partial charge on any atom is 0.238 e. The van der Waals surface area contributed by atoms with E-state index in [4.69, 9.17) is 4.74 Å². The Morgan fingerprint density at radius 1 is 1.23 bits per heavy atom. The van der Waals surface area contributed by atoms with Gasteiger partial charge in [0.2, 0.25) is 5.91 Å². The van der Waals surface area contributed by atoms with Gasteiger partial charge in [0.05, 0.1) is 18.3 Å². The van der Waals surface area contributed by atoms with Crippen LogP contribution in [0.25, 0.3) is 0 Å². The minimum Gasteiger partial charge on any atom is -0.381 e. The summed E-state index contributed by atoms with van der Waals surface area (Å²) in [5.41, 5.74) is 1.73. The van der Waals surface area contributed by atoms with Crippen molar-refractivity contribution in [2.45, 2.75) is 43.8 Å². The quantitative estimate of drug-likeness (QED) is 0.812. The first-order valence-electron chi connectivity index (χ1n) is 10.9. The van der Waals surface area contributed by atoms with Crippen molar-refractivity contribution in [3.05, 3.63) is 53.2 Å². The smallest absolute Gasteiger partial charge is 0.238 e. The Bertz CT molecular complexity index is 988. The van der Waals surface area contributed by atoms with E-state index in [2.05, 4.69) is 20.2 Å². The molecule has 1 N–H and O–H groups in total. The number of anilines is 1. The van der Waals surface area contributed by atoms with E-state index < -0.39 is 5.41 Å². The topological polar surface area (TPSA) is 70.6 Å². The van der Waals surface area contributed by atoms with Crippen molar-refractivity contribution in [3.8, 4) is 0 Å². The largest absolute Gasteiger partial charge is 0.381 e. The highest BCUT2D eigenvalue weighted by molar-refractivity contribution is 5.92. The molecule has 8 heteroatoms. The lowest BCUT2D eigenvalue weighted by atomic mass is 9.71. The number of nitrogens with one attached hydrogen (secondary N) is 1. The van der Waals surface area contributed by atoms with Crippen LogP contribution in [0.15, 0.2) is 30.6 Å². The van der Waals surface area contributed by atoms with E-state index in [1.54, 1.807) is 12.1 Å². The molecule has 5 rings (SSSR count). The zero-order chi connectivity index (χ0) is 21.6. The highest BCUT2D eigenvalue weighted by Crippen LogP contribution is 2.43. The van der Waals surface area contributed by atoms with Crippen LogP contribution in [0.3, 0.4) is 0 Å². The van der Waals surface area contributed by atoms with Crippen LogP contribution in [0.5, 0.6) is 0 Å². The lowest BCUT2D eigenvalue weighted by Gasteiger charge is -2.53. The van der Waals surface area contributed by atoms with E-state index in [9.17, 15) is 9.18 Å². The molecule has 0 bridgehead atoms. The Labute approximate surface area is 181 Å². The van der Waals surface area contributed by atoms with Gasteiger partial charge in [-0.25, -0.2) is 14.4 Å². The maximum absolute atomic E-state index is 14.3. The van der Waals surface area contributed by atoms with Gasteiger partial charge in [-0.15, -0.1) is 0 Å². The van der Waals surface area contributed by atoms with Gasteiger partial charge in [0.25, 0.3) is 0 Å². The number of likely N-dealkylation sites (tertiary alicyclic amines) is 1. The number of rotatable bonds is 4. The third kappa shape index (κ3) is 3.38. The summed E-state index contributed by atoms with van der Waals surface area (Å²) in [5, 5.41) is 3.40. The molecule has 3 aliphatic heterocycles. The van der Waals surface area contributed by atoms with Gasteiger partial charge in [-0.1, -0.05) is 18.2 Å². The van der Waals surface area contributed by atoms with E-state index in [-0.39, 0.29) is 23.8 Å². The van der Waals surface area contributed by atoms with Crippen molar-refractivity contribution in [1.82, 2.24) is 19.8 Å². The average molecular weight is 426 g/mol. The van der Waals surface area contributed by atoms with Crippen LogP contribution in [0, 0.1) is 5.82 Å². The number of hydrogen-bond donors (Lipinski definition) is 1. The molecule has 4 heterocycles. The van der Waals surface area contributed by atoms with Crippen LogP contribution < -0.4 is 5.32 Å². The van der Waals surface area contributed by atoms with Crippen LogP contribution in [0.2, 0.25) is 0 Å². The molecule has 1 atom stereocenters. The third-order valence-electron chi connectivity index (χ3n) is 6.83. The fraction of sp³-hybridized carbons (Fsp3) is 0.522. The Balaban J connectivity index is 1.52. The number of carbonyl (C=O) groups is 1. The standard InChI is InChI=1S/C23H28FN5O2/c1-15(17-5-3-4-6-19(17)24)27-21-18-11-29(16-7-9-31-10-8-16)22(30)23(12-28(2)13-23)20(18)25-14-26-21/h3-6,14-16H,7-13H2,1-2H3,(H,25,26,27)/t15-/m1/s1. The third-order valence-corrected chi connectivity index (χ3v) is 6.83. The molecule has 0 radical (unpaired) electrons. The molecule has 164 valence electrons. The SMILES string of the molecule is C[C@@H](Nc1ncnc2c1CN(C1CCOCC1)C(=O)C21CN(C)C1)c1ccccc1F. The summed E-state index contributed by atoms with van der Waals surface area (Å²) in [5.74, 6) is 0.595. The minimum atomic E-state index is -0.624. The molecule has 2 aromatic rings. The summed E-state index contributed by atoms with van der Waals surface area (Å²) >= 11 is 0. The molecule has 1 spiro atoms. The molecule has 1 amide bonds. The summed E-state index contributed by atoms with van der Waals surface area (Å²) in [6, 6.07) is 6.65. The summed E-state index contributed by atoms with van der Waals surface area (Å²) in [4.78, 5) is 26.9. The lowest BCUT2D eigenvalue weighted by Crippen LogP contribution is -2.69. The van der Waals surface area contributed by atoms with E-state index in [1.807, 2.05) is 24.9 Å². The predicted octanol–water partition coefficient (Wildman–Crippen LogP) is 2.49. The number of likely N-dealkylation sites (N-methyl/N-ethyl adjacent to an activating group) is 1. The first-order chi connectivity index (χ1) is 15.0. The Kier molecular flexibility index (Phi) is 5.14. The van der Waals surface area contributed by atoms with E-state index in [0.29, 0.717) is 44.2 Å². The number of hydrogen-bond acceptors (Lipinski definition) is 6. The molecule has 1 aromatic carbocycles. The van der Waals surface area contributed by atoms with Gasteiger partial charge < -0.3 is 19.9 Å². The summed E-state index contributed by atoms with van der Waals surface area (Å²) in [6.07, 6.45) is 3.21. The first-order valence-corrected chi connectivity index (χ1v) is 10.9. The molecule has 2 saturated heterocycles. The maximum atomic E-state index is 14.3. The van der Waals surface area contributed by atoms with Crippen LogP contribution in [-0.2, 0) is 21.5 Å². The van der Waals surface area contributed by atoms with Crippen molar-refractivity contribution >= 4 is 11.7 Å². The van der Waals surface area contributed by atoms with Crippen molar-refractivity contribution in [2.75, 3.05) is 38.7 Å². The number of fused-ring (bicyclic) bond motifs is 2. The van der Waals surface area contributed by atoms with Gasteiger partial charge >= 0.3 is 0 Å². The highest BCUT2D eigenvalue weighted by Gasteiger charge is 2.57. The Morgan fingerprint density at radius 2 is 1.97 bits per heavy atom. The molecule has 3 aliphatic rings. The second-order valence-corrected chi connectivity index (χ2v) is 8.97. The van der Waals surface area contributed by atoms with Crippen molar-refractivity contribution in [1.29, 1.82) is 0 Å². The van der Waals surface area contributed by atoms with Crippen LogP contribution in [0.1, 0.15) is 42.6 Å². The number of aromatic nitrogens is 2. The number of amides is 1. The van der Waals surface area contributed by atoms with E-state index in [1.165, 1.54) is 12.4 Å². The molecule has 0 unspecified atom stereocenters. The van der Waals surface area contributed by atoms with Crippen molar-refractivity contribution in [2.24, 2.45) is 0 Å². The fourth-order valence-corrected chi connectivity index (χ4v) is 5.28. The molecule has 31 heavy (non-hydrogen) atoms. The second-order valence-electron chi connectivity index (χ2n) is 8.97. The zero-order valence-electron chi connectivity index (χ0n) is 18.0. The zero-order valence-corrected chi connectivity index (χ0v) is 18.0. The van der Waals surface area contributed by atoms with Gasteiger partial charge in [0, 0.05) is 43.5 Å². The highest BCUT2D eigenvalue weighted by atomic mass is 19.1. The average Bonchev–Trinajstić information content (AvgIpc) is 2.76. The number of benzene rings is 1. The molecule has 7 nitrogen and oxygen atoms in total. The van der Waals surface area contributed by atoms with E-state index in [0.717, 1.165) is 24.1 Å². The summed E-state index contributed by atoms with van der Waals surface area (Å²) in [7, 11) is 2.02. The minimum absolute atomic E-state index is 0.161. The predicted molar refractivity (Wildman–Crippen MR) is 114 cm³/mol. The molecular formula is C23H28FN5O2. The van der Waals surface area contributed by atoms with Gasteiger partial charge in [-0.3, -0.25) is 4.79 Å². The second kappa shape index (κ2) is 7.84. The number of ether oxygens (including phenoxy) is 1. The fourth-order valence-electron chi connectivity index (χ4n) is 5.28. The van der Waals surface area contributed by atoms with Gasteiger partial charge in [0.15, 0.2) is 0 Å². The Morgan fingerprint density at radius 3 is 2.68 bits per heavy atom. The lowest BCUT2D eigenvalue weighted by molar-refractivity contribution is -0.151. The number of carbonyl (C=O) groups excluding carboxylic acids is 1. The van der Waals surface area contributed by atoms with E-state index >= 15 is 0 Å². The van der Waals surface area contributed by atoms with Crippen molar-refractivity contribution < 1.29 is 13.9 Å². The molecule has 2 fully saturated rings. The van der Waals surface area contributed by atoms with Gasteiger partial charge in [-0.2, -0.15) is 0 Å². The summed E-state index contributed by atoms with van der Waals surface area (Å²) in [6.45, 7) is 5.04. The van der Waals surface area contributed by atoms with Crippen LogP contribution in [0.4, 0.5) is 10.2 Å². The van der Waals surface area contributed by atoms with Crippen LogP contribution >= 0.6 is 0 Å². The number of halogens is 1. The molecular weight excluding hydrogens is 397 g/mol. The molecule has 0 aliphatic carbocycles. The monoisotopic (exact) mass is 425 g/mol. The number of nitrogens with zero attached hydrogens (tertiary/aromatic N) is 4. The first kappa shape index (κ1) is 20.3. The Hall–Kier alpha value is -2.58. The van der Waals surface area contributed by atoms with Gasteiger partial charge in [-0.05, 0) is 32.9 Å². The van der Waals surface area contributed by atoms with Crippen molar-refractivity contribution in [3.63, 3.8) is 0 Å². The normalized spacial score (nSPS) is 22.2.